The summed E-state index contributed by atoms with van der Waals surface area (Å²) in [5.74, 6) is 0.710. The van der Waals surface area contributed by atoms with Gasteiger partial charge >= 0.3 is 5.97 Å². The van der Waals surface area contributed by atoms with Gasteiger partial charge in [0.1, 0.15) is 5.76 Å². The van der Waals surface area contributed by atoms with Gasteiger partial charge in [0.15, 0.2) is 0 Å². The van der Waals surface area contributed by atoms with Crippen molar-refractivity contribution < 1.29 is 14.6 Å². The van der Waals surface area contributed by atoms with Gasteiger partial charge in [0.2, 0.25) is 0 Å². The molecule has 1 aliphatic carbocycles. The second kappa shape index (κ2) is 5.71. The molecule has 0 amide bonds. The molecule has 0 aromatic rings. The molecule has 84 valence electrons. The Hall–Kier alpha value is -1.09. The maximum atomic E-state index is 11.4. The van der Waals surface area contributed by atoms with Crippen LogP contribution < -0.4 is 0 Å². The number of hydrogen-bond donors (Lipinski definition) is 1. The number of allylic oxidation sites excluding steroid dienone is 1. The molecule has 2 atom stereocenters. The Balaban J connectivity index is 2.36. The normalized spacial score (nSPS) is 22.1. The van der Waals surface area contributed by atoms with Crippen LogP contribution in [0, 0.1) is 5.92 Å². The highest BCUT2D eigenvalue weighted by molar-refractivity contribution is 5.71. The number of carbonyl (C=O) groups excluding carboxylic acids is 1. The number of carbonyl (C=O) groups is 1. The van der Waals surface area contributed by atoms with Crippen molar-refractivity contribution in [3.8, 4) is 0 Å². The fraction of sp³-hybridized carbons (Fsp3) is 0.583. The fourth-order valence-corrected chi connectivity index (χ4v) is 1.27. The molecule has 0 radical (unpaired) electrons. The van der Waals surface area contributed by atoms with Crippen LogP contribution in [0.25, 0.3) is 0 Å². The van der Waals surface area contributed by atoms with Gasteiger partial charge in [0, 0.05) is 6.42 Å². The van der Waals surface area contributed by atoms with E-state index in [1.54, 1.807) is 18.2 Å². The van der Waals surface area contributed by atoms with Crippen molar-refractivity contribution in [1.82, 2.24) is 0 Å². The van der Waals surface area contributed by atoms with E-state index in [9.17, 15) is 9.90 Å². The Morgan fingerprint density at radius 3 is 3.00 bits per heavy atom. The predicted molar refractivity (Wildman–Crippen MR) is 58.0 cm³/mol. The number of esters is 1. The summed E-state index contributed by atoms with van der Waals surface area (Å²) in [6.07, 6.45) is 6.50. The third-order valence-corrected chi connectivity index (χ3v) is 2.49. The number of hydrogen-bond acceptors (Lipinski definition) is 3. The first-order chi connectivity index (χ1) is 7.11. The third-order valence-electron chi connectivity index (χ3n) is 2.49. The van der Waals surface area contributed by atoms with E-state index in [1.165, 1.54) is 0 Å². The summed E-state index contributed by atoms with van der Waals surface area (Å²) < 4.78 is 5.14. The monoisotopic (exact) mass is 210 g/mol. The molecular weight excluding hydrogens is 192 g/mol. The maximum absolute atomic E-state index is 11.4. The van der Waals surface area contributed by atoms with Crippen molar-refractivity contribution in [1.29, 1.82) is 0 Å². The zero-order chi connectivity index (χ0) is 11.3. The van der Waals surface area contributed by atoms with Crippen LogP contribution in [0.1, 0.15) is 33.1 Å². The molecule has 0 fully saturated rings. The second-order valence-corrected chi connectivity index (χ2v) is 3.96. The Bertz CT molecular complexity index is 279. The first-order valence-corrected chi connectivity index (χ1v) is 5.39. The van der Waals surface area contributed by atoms with Crippen LogP contribution in [-0.4, -0.2) is 17.2 Å². The molecule has 3 nitrogen and oxygen atoms in total. The Morgan fingerprint density at radius 2 is 2.47 bits per heavy atom. The summed E-state index contributed by atoms with van der Waals surface area (Å²) in [6, 6.07) is 0. The molecule has 1 rings (SSSR count). The molecule has 0 heterocycles. The second-order valence-electron chi connectivity index (χ2n) is 3.96. The molecule has 0 aromatic heterocycles. The lowest BCUT2D eigenvalue weighted by Crippen LogP contribution is -2.11. The summed E-state index contributed by atoms with van der Waals surface area (Å²) in [5.41, 5.74) is 0. The van der Waals surface area contributed by atoms with E-state index >= 15 is 0 Å². The first-order valence-electron chi connectivity index (χ1n) is 5.39. The molecule has 3 heteroatoms. The average molecular weight is 210 g/mol. The number of ether oxygens (including phenoxy) is 1. The summed E-state index contributed by atoms with van der Waals surface area (Å²) in [7, 11) is 0. The van der Waals surface area contributed by atoms with Crippen molar-refractivity contribution in [3.05, 3.63) is 24.0 Å². The smallest absolute Gasteiger partial charge is 0.311 e. The van der Waals surface area contributed by atoms with E-state index in [0.29, 0.717) is 24.5 Å². The number of aliphatic hydroxyl groups excluding tert-OH is 1. The summed E-state index contributed by atoms with van der Waals surface area (Å²) >= 11 is 0. The number of rotatable bonds is 4. The molecule has 0 saturated carbocycles. The Labute approximate surface area is 90.4 Å². The minimum atomic E-state index is -0.443. The van der Waals surface area contributed by atoms with E-state index in [0.717, 1.165) is 6.42 Å². The Kier molecular flexibility index (Phi) is 4.56. The Morgan fingerprint density at radius 1 is 1.73 bits per heavy atom. The van der Waals surface area contributed by atoms with Gasteiger partial charge < -0.3 is 9.84 Å². The van der Waals surface area contributed by atoms with E-state index in [1.807, 2.05) is 13.8 Å². The first kappa shape index (κ1) is 12.0. The molecule has 0 bridgehead atoms. The van der Waals surface area contributed by atoms with E-state index in [2.05, 4.69) is 0 Å². The highest BCUT2D eigenvalue weighted by atomic mass is 16.5. The molecule has 0 spiro atoms. The average Bonchev–Trinajstić information content (AvgIpc) is 2.21. The standard InChI is InChI=1S/C12H18O3/c1-3-9(2)8-12(14)15-11-6-4-10(13)5-7-11/h4,6-7,9-10,13H,3,5,8H2,1-2H3. The van der Waals surface area contributed by atoms with Crippen molar-refractivity contribution in [2.45, 2.75) is 39.2 Å². The minimum Gasteiger partial charge on any atom is -0.427 e. The molecule has 0 aromatic carbocycles. The highest BCUT2D eigenvalue weighted by Crippen LogP contribution is 2.14. The van der Waals surface area contributed by atoms with Crippen molar-refractivity contribution in [3.63, 3.8) is 0 Å². The van der Waals surface area contributed by atoms with Gasteiger partial charge in [-0.1, -0.05) is 26.3 Å². The van der Waals surface area contributed by atoms with E-state index < -0.39 is 6.10 Å². The zero-order valence-corrected chi connectivity index (χ0v) is 9.27. The fourth-order valence-electron chi connectivity index (χ4n) is 1.27. The van der Waals surface area contributed by atoms with Crippen LogP contribution >= 0.6 is 0 Å². The molecule has 1 aliphatic rings. The maximum Gasteiger partial charge on any atom is 0.311 e. The molecular formula is C12H18O3. The van der Waals surface area contributed by atoms with E-state index in [-0.39, 0.29) is 5.97 Å². The molecule has 0 saturated heterocycles. The lowest BCUT2D eigenvalue weighted by molar-refractivity contribution is -0.140. The van der Waals surface area contributed by atoms with Gasteiger partial charge in [-0.3, -0.25) is 4.79 Å². The van der Waals surface area contributed by atoms with Gasteiger partial charge in [-0.2, -0.15) is 0 Å². The molecule has 2 unspecified atom stereocenters. The predicted octanol–water partition coefficient (Wildman–Crippen LogP) is 2.17. The SMILES string of the molecule is CCC(C)CC(=O)OC1=CCC(O)C=C1. The van der Waals surface area contributed by atoms with Crippen LogP contribution in [0.15, 0.2) is 24.0 Å². The highest BCUT2D eigenvalue weighted by Gasteiger charge is 2.12. The summed E-state index contributed by atoms with van der Waals surface area (Å²) in [4.78, 5) is 11.4. The summed E-state index contributed by atoms with van der Waals surface area (Å²) in [6.45, 7) is 4.07. The number of aliphatic hydroxyl groups is 1. The van der Waals surface area contributed by atoms with Crippen LogP contribution in [0.3, 0.4) is 0 Å². The van der Waals surface area contributed by atoms with Crippen molar-refractivity contribution in [2.75, 3.05) is 0 Å². The van der Waals surface area contributed by atoms with Crippen LogP contribution in [0.4, 0.5) is 0 Å². The lowest BCUT2D eigenvalue weighted by Gasteiger charge is -2.12. The quantitative estimate of drug-likeness (QED) is 0.723. The van der Waals surface area contributed by atoms with E-state index in [4.69, 9.17) is 4.74 Å². The largest absolute Gasteiger partial charge is 0.427 e. The van der Waals surface area contributed by atoms with Crippen LogP contribution in [0.5, 0.6) is 0 Å². The molecule has 0 aliphatic heterocycles. The van der Waals surface area contributed by atoms with Gasteiger partial charge in [0.25, 0.3) is 0 Å². The summed E-state index contributed by atoms with van der Waals surface area (Å²) in [5, 5.41) is 9.17. The van der Waals surface area contributed by atoms with Crippen molar-refractivity contribution in [2.24, 2.45) is 5.92 Å². The van der Waals surface area contributed by atoms with Crippen LogP contribution in [-0.2, 0) is 9.53 Å². The van der Waals surface area contributed by atoms with Gasteiger partial charge in [-0.15, -0.1) is 0 Å². The lowest BCUT2D eigenvalue weighted by atomic mass is 10.1. The topological polar surface area (TPSA) is 46.5 Å². The van der Waals surface area contributed by atoms with Gasteiger partial charge in [0.05, 0.1) is 6.10 Å². The minimum absolute atomic E-state index is 0.198. The van der Waals surface area contributed by atoms with Crippen molar-refractivity contribution >= 4 is 5.97 Å². The van der Waals surface area contributed by atoms with Gasteiger partial charge in [-0.25, -0.2) is 0 Å². The van der Waals surface area contributed by atoms with Crippen LogP contribution in [0.2, 0.25) is 0 Å². The zero-order valence-electron chi connectivity index (χ0n) is 9.27. The molecule has 1 N–H and O–H groups in total. The molecule has 15 heavy (non-hydrogen) atoms. The van der Waals surface area contributed by atoms with Gasteiger partial charge in [-0.05, 0) is 24.5 Å². The third kappa shape index (κ3) is 4.30.